The first-order chi connectivity index (χ1) is 13.9. The molecule has 0 saturated carbocycles. The molecule has 156 valence electrons. The zero-order chi connectivity index (χ0) is 20.3. The van der Waals surface area contributed by atoms with Crippen LogP contribution in [0.1, 0.15) is 44.9 Å². The molecule has 3 heterocycles. The Kier molecular flexibility index (Phi) is 5.93. The van der Waals surface area contributed by atoms with Gasteiger partial charge in [0.25, 0.3) is 0 Å². The molecule has 0 radical (unpaired) electrons. The lowest BCUT2D eigenvalue weighted by molar-refractivity contribution is -0.167. The molecule has 2 aliphatic heterocycles. The summed E-state index contributed by atoms with van der Waals surface area (Å²) in [6.07, 6.45) is 7.11. The van der Waals surface area contributed by atoms with Crippen LogP contribution in [-0.4, -0.2) is 36.3 Å². The number of ether oxygens (including phenoxy) is 4. The van der Waals surface area contributed by atoms with Crippen molar-refractivity contribution in [2.24, 2.45) is 0 Å². The fourth-order valence-corrected chi connectivity index (χ4v) is 4.10. The molecular formula is C24H30O5. The number of hydrogen-bond acceptors (Lipinski definition) is 5. The Bertz CT molecular complexity index is 798. The summed E-state index contributed by atoms with van der Waals surface area (Å²) in [6.45, 7) is 7.11. The van der Waals surface area contributed by atoms with Gasteiger partial charge in [0, 0.05) is 12.8 Å². The lowest BCUT2D eigenvalue weighted by atomic mass is 9.96. The van der Waals surface area contributed by atoms with E-state index in [1.807, 2.05) is 50.3 Å². The summed E-state index contributed by atoms with van der Waals surface area (Å²) in [5.74, 6) is 0.256. The van der Waals surface area contributed by atoms with Gasteiger partial charge in [0.15, 0.2) is 5.79 Å². The number of hydrogen-bond donors (Lipinski definition) is 0. The van der Waals surface area contributed by atoms with Gasteiger partial charge in [0.2, 0.25) is 0 Å². The second-order valence-electron chi connectivity index (χ2n) is 8.60. The highest BCUT2D eigenvalue weighted by Crippen LogP contribution is 2.38. The summed E-state index contributed by atoms with van der Waals surface area (Å²) in [6, 6.07) is 14.0. The normalized spacial score (nSPS) is 31.6. The van der Waals surface area contributed by atoms with Crippen molar-refractivity contribution < 1.29 is 23.4 Å². The fraction of sp³-hybridized carbons (Fsp3) is 0.500. The highest BCUT2D eigenvalue weighted by atomic mass is 16.8. The predicted molar refractivity (Wildman–Crippen MR) is 110 cm³/mol. The molecule has 5 nitrogen and oxygen atoms in total. The number of rotatable bonds is 7. The molecular weight excluding hydrogens is 368 g/mol. The van der Waals surface area contributed by atoms with Crippen LogP contribution in [-0.2, 0) is 25.6 Å². The maximum absolute atomic E-state index is 6.37. The minimum Gasteiger partial charge on any atom is -0.465 e. The molecule has 5 heteroatoms. The molecule has 4 atom stereocenters. The summed E-state index contributed by atoms with van der Waals surface area (Å²) in [5, 5.41) is 0. The molecule has 2 fully saturated rings. The van der Waals surface area contributed by atoms with E-state index in [1.165, 1.54) is 0 Å². The van der Waals surface area contributed by atoms with E-state index in [0.717, 1.165) is 24.2 Å². The van der Waals surface area contributed by atoms with Gasteiger partial charge in [-0.2, -0.15) is 0 Å². The Balaban J connectivity index is 1.43. The van der Waals surface area contributed by atoms with Gasteiger partial charge in [-0.1, -0.05) is 36.4 Å². The maximum atomic E-state index is 6.37. The van der Waals surface area contributed by atoms with E-state index in [-0.39, 0.29) is 23.9 Å². The van der Waals surface area contributed by atoms with Crippen molar-refractivity contribution in [1.82, 2.24) is 0 Å². The van der Waals surface area contributed by atoms with Crippen molar-refractivity contribution in [2.75, 3.05) is 6.61 Å². The van der Waals surface area contributed by atoms with E-state index in [2.05, 4.69) is 25.1 Å². The van der Waals surface area contributed by atoms with Gasteiger partial charge in [-0.15, -0.1) is 0 Å². The largest absolute Gasteiger partial charge is 0.465 e. The smallest absolute Gasteiger partial charge is 0.163 e. The van der Waals surface area contributed by atoms with Crippen LogP contribution in [0.25, 0.3) is 6.08 Å². The lowest BCUT2D eigenvalue weighted by Crippen LogP contribution is -2.38. The third kappa shape index (κ3) is 5.37. The van der Waals surface area contributed by atoms with Gasteiger partial charge in [0.05, 0.1) is 43.4 Å². The van der Waals surface area contributed by atoms with Crippen LogP contribution in [0.4, 0.5) is 0 Å². The van der Waals surface area contributed by atoms with Gasteiger partial charge in [-0.25, -0.2) is 0 Å². The molecule has 0 bridgehead atoms. The second kappa shape index (κ2) is 8.44. The molecule has 1 aromatic heterocycles. The van der Waals surface area contributed by atoms with Crippen LogP contribution in [0, 0.1) is 0 Å². The quantitative estimate of drug-likeness (QED) is 0.659. The standard InChI is InChI=1S/C24H30O5/c1-23(2)27-17-24(3,29-23)15-22-21(26-16-18-8-5-4-6-9-18)14-20(28-22)12-11-19-10-7-13-25-19/h4-13,20-22H,14-17H2,1-3H3/b12-11+/t20-,21+,22+,24+/m0/s1. The highest BCUT2D eigenvalue weighted by Gasteiger charge is 2.47. The van der Waals surface area contributed by atoms with E-state index >= 15 is 0 Å². The van der Waals surface area contributed by atoms with E-state index < -0.39 is 5.79 Å². The van der Waals surface area contributed by atoms with E-state index in [9.17, 15) is 0 Å². The van der Waals surface area contributed by atoms with Gasteiger partial charge < -0.3 is 23.4 Å². The molecule has 4 rings (SSSR count). The average Bonchev–Trinajstić information content (AvgIpc) is 3.39. The first-order valence-electron chi connectivity index (χ1n) is 10.3. The Morgan fingerprint density at radius 1 is 1.10 bits per heavy atom. The number of furan rings is 1. The first-order valence-corrected chi connectivity index (χ1v) is 10.3. The molecule has 0 amide bonds. The van der Waals surface area contributed by atoms with Gasteiger partial charge in [-0.05, 0) is 44.5 Å². The van der Waals surface area contributed by atoms with Crippen molar-refractivity contribution >= 4 is 6.08 Å². The minimum absolute atomic E-state index is 0.00871. The Morgan fingerprint density at radius 2 is 1.93 bits per heavy atom. The van der Waals surface area contributed by atoms with E-state index in [4.69, 9.17) is 23.4 Å². The number of benzene rings is 1. The van der Waals surface area contributed by atoms with Crippen molar-refractivity contribution in [3.05, 3.63) is 66.1 Å². The molecule has 0 unspecified atom stereocenters. The van der Waals surface area contributed by atoms with E-state index in [0.29, 0.717) is 13.2 Å². The van der Waals surface area contributed by atoms with Crippen LogP contribution in [0.15, 0.2) is 59.2 Å². The second-order valence-corrected chi connectivity index (χ2v) is 8.60. The van der Waals surface area contributed by atoms with Crippen molar-refractivity contribution in [2.45, 2.75) is 69.9 Å². The predicted octanol–water partition coefficient (Wildman–Crippen LogP) is 4.97. The Hall–Kier alpha value is -1.92. The van der Waals surface area contributed by atoms with Crippen molar-refractivity contribution in [3.8, 4) is 0 Å². The Labute approximate surface area is 172 Å². The average molecular weight is 398 g/mol. The molecule has 2 aliphatic rings. The van der Waals surface area contributed by atoms with E-state index in [1.54, 1.807) is 6.26 Å². The van der Waals surface area contributed by atoms with Crippen molar-refractivity contribution in [3.63, 3.8) is 0 Å². The summed E-state index contributed by atoms with van der Waals surface area (Å²) in [7, 11) is 0. The Morgan fingerprint density at radius 3 is 2.62 bits per heavy atom. The molecule has 2 saturated heterocycles. The summed E-state index contributed by atoms with van der Waals surface area (Å²) in [5.41, 5.74) is 0.774. The van der Waals surface area contributed by atoms with Crippen LogP contribution in [0.2, 0.25) is 0 Å². The molecule has 0 aliphatic carbocycles. The first kappa shape index (κ1) is 20.4. The van der Waals surface area contributed by atoms with Crippen molar-refractivity contribution in [1.29, 1.82) is 0 Å². The van der Waals surface area contributed by atoms with Gasteiger partial charge in [-0.3, -0.25) is 0 Å². The monoisotopic (exact) mass is 398 g/mol. The maximum Gasteiger partial charge on any atom is 0.163 e. The van der Waals surface area contributed by atoms with Crippen LogP contribution in [0.3, 0.4) is 0 Å². The third-order valence-electron chi connectivity index (χ3n) is 5.40. The van der Waals surface area contributed by atoms with Crippen LogP contribution in [0.5, 0.6) is 0 Å². The summed E-state index contributed by atoms with van der Waals surface area (Å²) in [4.78, 5) is 0. The zero-order valence-corrected chi connectivity index (χ0v) is 17.4. The zero-order valence-electron chi connectivity index (χ0n) is 17.4. The SMILES string of the molecule is CC1(C)OC[C@@](C)(C[C@H]2O[C@@H](/C=C/c3ccco3)C[C@H]2OCc2ccccc2)O1. The minimum atomic E-state index is -0.563. The van der Waals surface area contributed by atoms with Gasteiger partial charge in [0.1, 0.15) is 5.76 Å². The lowest BCUT2D eigenvalue weighted by Gasteiger charge is -2.29. The van der Waals surface area contributed by atoms with Crippen LogP contribution >= 0.6 is 0 Å². The molecule has 0 N–H and O–H groups in total. The molecule has 1 aromatic carbocycles. The molecule has 0 spiro atoms. The fourth-order valence-electron chi connectivity index (χ4n) is 4.10. The van der Waals surface area contributed by atoms with Gasteiger partial charge >= 0.3 is 0 Å². The van der Waals surface area contributed by atoms with Crippen LogP contribution < -0.4 is 0 Å². The summed E-state index contributed by atoms with van der Waals surface area (Å²) >= 11 is 0. The topological polar surface area (TPSA) is 50.1 Å². The molecule has 29 heavy (non-hydrogen) atoms. The highest BCUT2D eigenvalue weighted by molar-refractivity contribution is 5.43. The third-order valence-corrected chi connectivity index (χ3v) is 5.40. The molecule has 2 aromatic rings. The summed E-state index contributed by atoms with van der Waals surface area (Å²) < 4.78 is 30.0.